The van der Waals surface area contributed by atoms with Gasteiger partial charge in [-0.3, -0.25) is 5.32 Å². The third-order valence-electron chi connectivity index (χ3n) is 4.08. The van der Waals surface area contributed by atoms with Crippen molar-refractivity contribution in [2.24, 2.45) is 0 Å². The van der Waals surface area contributed by atoms with Crippen molar-refractivity contribution in [1.82, 2.24) is 14.9 Å². The van der Waals surface area contributed by atoms with Crippen LogP contribution in [-0.2, 0) is 0 Å². The van der Waals surface area contributed by atoms with E-state index in [2.05, 4.69) is 45.8 Å². The number of anilines is 1. The number of aromatic amines is 1. The van der Waals surface area contributed by atoms with Gasteiger partial charge in [0, 0.05) is 47.3 Å². The van der Waals surface area contributed by atoms with Crippen molar-refractivity contribution in [3.05, 3.63) is 53.7 Å². The summed E-state index contributed by atoms with van der Waals surface area (Å²) in [5, 5.41) is 6.55. The minimum absolute atomic E-state index is 0.0887. The number of amides is 2. The topological polar surface area (TPSA) is 61.0 Å². The highest BCUT2D eigenvalue weighted by Gasteiger charge is 2.19. The van der Waals surface area contributed by atoms with Gasteiger partial charge in [0.2, 0.25) is 0 Å². The quantitative estimate of drug-likeness (QED) is 0.750. The lowest BCUT2D eigenvalue weighted by atomic mass is 9.99. The molecule has 0 saturated heterocycles. The summed E-state index contributed by atoms with van der Waals surface area (Å²) in [5.41, 5.74) is 3.67. The maximum absolute atomic E-state index is 12.2. The molecule has 2 amide bonds. The number of aromatic nitrogens is 2. The Kier molecular flexibility index (Phi) is 3.59. The third kappa shape index (κ3) is 2.73. The van der Waals surface area contributed by atoms with E-state index in [0.717, 1.165) is 11.9 Å². The van der Waals surface area contributed by atoms with Gasteiger partial charge in [0.15, 0.2) is 5.13 Å². The first-order valence-corrected chi connectivity index (χ1v) is 8.40. The molecule has 3 aromatic rings. The number of H-pyrrole nitrogens is 1. The number of rotatable bonds is 2. The van der Waals surface area contributed by atoms with Crippen molar-refractivity contribution >= 4 is 39.0 Å². The molecule has 0 unspecified atom stereocenters. The average Bonchev–Trinajstić information content (AvgIpc) is 3.24. The SMILES string of the molecule is O=C(Nc1nccs1)N1CC=C(c2c[nH]c3ccccc23)CC1. The molecule has 1 aromatic carbocycles. The number of carbonyl (C=O) groups excluding carboxylic acids is 1. The Balaban J connectivity index is 1.49. The van der Waals surface area contributed by atoms with Crippen LogP contribution in [0, 0.1) is 0 Å². The number of hydrogen-bond donors (Lipinski definition) is 2. The van der Waals surface area contributed by atoms with Crippen molar-refractivity contribution in [2.75, 3.05) is 18.4 Å². The Bertz CT molecular complexity index is 866. The summed E-state index contributed by atoms with van der Waals surface area (Å²) in [4.78, 5) is 21.4. The summed E-state index contributed by atoms with van der Waals surface area (Å²) < 4.78 is 0. The van der Waals surface area contributed by atoms with Gasteiger partial charge in [-0.15, -0.1) is 11.3 Å². The number of carbonyl (C=O) groups is 1. The van der Waals surface area contributed by atoms with E-state index in [-0.39, 0.29) is 6.03 Å². The Morgan fingerprint density at radius 3 is 3.04 bits per heavy atom. The number of urea groups is 1. The number of benzene rings is 1. The molecule has 6 heteroatoms. The molecule has 1 aliphatic rings. The average molecular weight is 324 g/mol. The summed E-state index contributed by atoms with van der Waals surface area (Å²) in [6.45, 7) is 1.33. The van der Waals surface area contributed by atoms with E-state index < -0.39 is 0 Å². The number of nitrogens with zero attached hydrogens (tertiary/aromatic N) is 2. The fraction of sp³-hybridized carbons (Fsp3) is 0.176. The lowest BCUT2D eigenvalue weighted by molar-refractivity contribution is 0.217. The van der Waals surface area contributed by atoms with Crippen molar-refractivity contribution in [2.45, 2.75) is 6.42 Å². The molecule has 1 aliphatic heterocycles. The molecule has 116 valence electrons. The number of para-hydroxylation sites is 1. The van der Waals surface area contributed by atoms with Gasteiger partial charge in [-0.1, -0.05) is 24.3 Å². The fourth-order valence-electron chi connectivity index (χ4n) is 2.89. The Morgan fingerprint density at radius 2 is 2.26 bits per heavy atom. The van der Waals surface area contributed by atoms with Crippen LogP contribution in [0.1, 0.15) is 12.0 Å². The van der Waals surface area contributed by atoms with Crippen LogP contribution in [0.3, 0.4) is 0 Å². The van der Waals surface area contributed by atoms with Crippen LogP contribution in [0.15, 0.2) is 48.1 Å². The summed E-state index contributed by atoms with van der Waals surface area (Å²) in [6.07, 6.45) is 6.74. The van der Waals surface area contributed by atoms with Gasteiger partial charge in [0.05, 0.1) is 0 Å². The lowest BCUT2D eigenvalue weighted by Gasteiger charge is -2.26. The molecule has 4 rings (SSSR count). The lowest BCUT2D eigenvalue weighted by Crippen LogP contribution is -2.37. The van der Waals surface area contributed by atoms with E-state index in [1.165, 1.54) is 27.9 Å². The van der Waals surface area contributed by atoms with Crippen LogP contribution in [0.5, 0.6) is 0 Å². The van der Waals surface area contributed by atoms with Crippen molar-refractivity contribution < 1.29 is 4.79 Å². The third-order valence-corrected chi connectivity index (χ3v) is 4.77. The Labute approximate surface area is 137 Å². The van der Waals surface area contributed by atoms with E-state index in [1.807, 2.05) is 11.4 Å². The molecule has 3 heterocycles. The van der Waals surface area contributed by atoms with Gasteiger partial charge in [-0.25, -0.2) is 9.78 Å². The molecule has 0 saturated carbocycles. The second kappa shape index (κ2) is 5.89. The van der Waals surface area contributed by atoms with Gasteiger partial charge < -0.3 is 9.88 Å². The van der Waals surface area contributed by atoms with Crippen LogP contribution in [0.4, 0.5) is 9.93 Å². The molecule has 23 heavy (non-hydrogen) atoms. The monoisotopic (exact) mass is 324 g/mol. The zero-order chi connectivity index (χ0) is 15.6. The van der Waals surface area contributed by atoms with Gasteiger partial charge in [-0.05, 0) is 18.1 Å². The maximum atomic E-state index is 12.2. The molecular formula is C17H16N4OS. The second-order valence-corrected chi connectivity index (χ2v) is 6.34. The minimum atomic E-state index is -0.0887. The molecule has 0 spiro atoms. The van der Waals surface area contributed by atoms with E-state index in [0.29, 0.717) is 18.2 Å². The number of hydrogen-bond acceptors (Lipinski definition) is 3. The zero-order valence-corrected chi connectivity index (χ0v) is 13.3. The van der Waals surface area contributed by atoms with Crippen LogP contribution in [-0.4, -0.2) is 34.0 Å². The van der Waals surface area contributed by atoms with Gasteiger partial charge >= 0.3 is 6.03 Å². The summed E-state index contributed by atoms with van der Waals surface area (Å²) in [6, 6.07) is 8.20. The first-order chi connectivity index (χ1) is 11.3. The van der Waals surface area contributed by atoms with Crippen LogP contribution in [0.25, 0.3) is 16.5 Å². The van der Waals surface area contributed by atoms with E-state index in [1.54, 1.807) is 11.1 Å². The van der Waals surface area contributed by atoms with Crippen LogP contribution < -0.4 is 5.32 Å². The Hall–Kier alpha value is -2.60. The highest BCUT2D eigenvalue weighted by atomic mass is 32.1. The minimum Gasteiger partial charge on any atom is -0.361 e. The molecule has 2 aromatic heterocycles. The second-order valence-electron chi connectivity index (χ2n) is 5.44. The molecule has 0 aliphatic carbocycles. The molecule has 0 radical (unpaired) electrons. The van der Waals surface area contributed by atoms with Crippen molar-refractivity contribution in [1.29, 1.82) is 0 Å². The summed E-state index contributed by atoms with van der Waals surface area (Å²) >= 11 is 1.43. The van der Waals surface area contributed by atoms with Gasteiger partial charge in [0.25, 0.3) is 0 Å². The number of thiazole rings is 1. The van der Waals surface area contributed by atoms with Crippen LogP contribution >= 0.6 is 11.3 Å². The van der Waals surface area contributed by atoms with Gasteiger partial charge in [0.1, 0.15) is 0 Å². The fourth-order valence-corrected chi connectivity index (χ4v) is 3.41. The summed E-state index contributed by atoms with van der Waals surface area (Å²) in [5.74, 6) is 0. The predicted octanol–water partition coefficient (Wildman–Crippen LogP) is 3.95. The number of nitrogens with one attached hydrogen (secondary N) is 2. The molecule has 0 bridgehead atoms. The highest BCUT2D eigenvalue weighted by molar-refractivity contribution is 7.13. The standard InChI is InChI=1S/C17H16N4OS/c22-17(20-16-18-7-10-23-16)21-8-5-12(6-9-21)14-11-19-15-4-2-1-3-13(14)15/h1-5,7,10-11,19H,6,8-9H2,(H,18,20,22). The van der Waals surface area contributed by atoms with Crippen LogP contribution in [0.2, 0.25) is 0 Å². The molecular weight excluding hydrogens is 308 g/mol. The first-order valence-electron chi connectivity index (χ1n) is 7.52. The highest BCUT2D eigenvalue weighted by Crippen LogP contribution is 2.29. The molecule has 2 N–H and O–H groups in total. The first kappa shape index (κ1) is 14.0. The van der Waals surface area contributed by atoms with Crippen molar-refractivity contribution in [3.63, 3.8) is 0 Å². The smallest absolute Gasteiger partial charge is 0.323 e. The molecule has 5 nitrogen and oxygen atoms in total. The molecule has 0 fully saturated rings. The van der Waals surface area contributed by atoms with E-state index >= 15 is 0 Å². The largest absolute Gasteiger partial charge is 0.361 e. The van der Waals surface area contributed by atoms with E-state index in [4.69, 9.17) is 0 Å². The maximum Gasteiger partial charge on any atom is 0.323 e. The zero-order valence-electron chi connectivity index (χ0n) is 12.5. The predicted molar refractivity (Wildman–Crippen MR) is 93.6 cm³/mol. The van der Waals surface area contributed by atoms with Crippen molar-refractivity contribution in [3.8, 4) is 0 Å². The molecule has 0 atom stereocenters. The normalized spacial score (nSPS) is 14.8. The number of fused-ring (bicyclic) bond motifs is 1. The van der Waals surface area contributed by atoms with Gasteiger partial charge in [-0.2, -0.15) is 0 Å². The summed E-state index contributed by atoms with van der Waals surface area (Å²) in [7, 11) is 0. The van der Waals surface area contributed by atoms with E-state index in [9.17, 15) is 4.79 Å². The Morgan fingerprint density at radius 1 is 1.35 bits per heavy atom.